The van der Waals surface area contributed by atoms with Crippen LogP contribution in [0.4, 0.5) is 0 Å². The van der Waals surface area contributed by atoms with Gasteiger partial charge in [0.05, 0.1) is 12.1 Å². The standard InChI is InChI=1S/C15H27N3O2/c1-11(2)10-20-8-6-7-16-15(19)9-14-12(3)17-18(5)13(14)4/h11H,6-10H2,1-5H3,(H,16,19). The zero-order valence-electron chi connectivity index (χ0n) is 13.3. The first-order chi connectivity index (χ1) is 9.41. The van der Waals surface area contributed by atoms with Crippen molar-refractivity contribution >= 4 is 5.91 Å². The largest absolute Gasteiger partial charge is 0.381 e. The second kappa shape index (κ2) is 8.04. The van der Waals surface area contributed by atoms with E-state index in [0.29, 0.717) is 25.5 Å². The molecule has 0 fully saturated rings. The van der Waals surface area contributed by atoms with Crippen LogP contribution in [0.1, 0.15) is 37.2 Å². The first-order valence-corrected chi connectivity index (χ1v) is 7.25. The van der Waals surface area contributed by atoms with Crippen LogP contribution in [0, 0.1) is 19.8 Å². The Balaban J connectivity index is 2.24. The third kappa shape index (κ3) is 5.33. The van der Waals surface area contributed by atoms with Gasteiger partial charge in [0, 0.05) is 38.1 Å². The van der Waals surface area contributed by atoms with E-state index in [1.165, 1.54) is 0 Å². The van der Waals surface area contributed by atoms with Crippen LogP contribution in [-0.2, 0) is 23.0 Å². The normalized spacial score (nSPS) is 11.1. The Kier molecular flexibility index (Phi) is 6.71. The molecule has 0 radical (unpaired) electrons. The minimum absolute atomic E-state index is 0.0491. The van der Waals surface area contributed by atoms with Crippen LogP contribution in [0.3, 0.4) is 0 Å². The van der Waals surface area contributed by atoms with E-state index in [9.17, 15) is 4.79 Å². The van der Waals surface area contributed by atoms with Gasteiger partial charge in [0.15, 0.2) is 0 Å². The number of carbonyl (C=O) groups excluding carboxylic acids is 1. The molecule has 5 heteroatoms. The van der Waals surface area contributed by atoms with Gasteiger partial charge in [0.1, 0.15) is 0 Å². The van der Waals surface area contributed by atoms with Crippen molar-refractivity contribution in [3.63, 3.8) is 0 Å². The lowest BCUT2D eigenvalue weighted by atomic mass is 10.1. The molecule has 0 aliphatic rings. The van der Waals surface area contributed by atoms with Crippen molar-refractivity contribution in [2.75, 3.05) is 19.8 Å². The molecule has 0 unspecified atom stereocenters. The Hall–Kier alpha value is -1.36. The fourth-order valence-electron chi connectivity index (χ4n) is 2.02. The summed E-state index contributed by atoms with van der Waals surface area (Å²) < 4.78 is 7.29. The van der Waals surface area contributed by atoms with E-state index in [0.717, 1.165) is 30.0 Å². The van der Waals surface area contributed by atoms with Gasteiger partial charge in [0.25, 0.3) is 0 Å². The van der Waals surface area contributed by atoms with Crippen molar-refractivity contribution in [3.8, 4) is 0 Å². The molecule has 0 aliphatic carbocycles. The van der Waals surface area contributed by atoms with Crippen molar-refractivity contribution in [1.82, 2.24) is 15.1 Å². The smallest absolute Gasteiger partial charge is 0.224 e. The zero-order chi connectivity index (χ0) is 15.1. The van der Waals surface area contributed by atoms with Gasteiger partial charge in [-0.25, -0.2) is 0 Å². The summed E-state index contributed by atoms with van der Waals surface area (Å²) in [6.45, 7) is 10.3. The highest BCUT2D eigenvalue weighted by Gasteiger charge is 2.12. The summed E-state index contributed by atoms with van der Waals surface area (Å²) in [6.07, 6.45) is 1.25. The van der Waals surface area contributed by atoms with E-state index in [4.69, 9.17) is 4.74 Å². The molecule has 0 spiro atoms. The van der Waals surface area contributed by atoms with Crippen LogP contribution in [0.2, 0.25) is 0 Å². The molecule has 1 heterocycles. The Morgan fingerprint density at radius 2 is 2.10 bits per heavy atom. The van der Waals surface area contributed by atoms with Crippen molar-refractivity contribution < 1.29 is 9.53 Å². The minimum Gasteiger partial charge on any atom is -0.381 e. The van der Waals surface area contributed by atoms with Crippen LogP contribution < -0.4 is 5.32 Å². The van der Waals surface area contributed by atoms with E-state index in [1.807, 2.05) is 25.6 Å². The third-order valence-electron chi connectivity index (χ3n) is 3.24. The topological polar surface area (TPSA) is 56.2 Å². The van der Waals surface area contributed by atoms with E-state index in [-0.39, 0.29) is 5.91 Å². The predicted molar refractivity (Wildman–Crippen MR) is 79.7 cm³/mol. The van der Waals surface area contributed by atoms with Crippen LogP contribution in [-0.4, -0.2) is 35.4 Å². The number of amides is 1. The summed E-state index contributed by atoms with van der Waals surface area (Å²) in [5.41, 5.74) is 3.01. The first-order valence-electron chi connectivity index (χ1n) is 7.25. The molecule has 0 atom stereocenters. The Morgan fingerprint density at radius 1 is 1.40 bits per heavy atom. The molecule has 0 bridgehead atoms. The summed E-state index contributed by atoms with van der Waals surface area (Å²) in [5, 5.41) is 7.24. The van der Waals surface area contributed by atoms with Crippen molar-refractivity contribution in [3.05, 3.63) is 17.0 Å². The number of hydrogen-bond donors (Lipinski definition) is 1. The molecule has 1 amide bonds. The molecule has 0 aliphatic heterocycles. The van der Waals surface area contributed by atoms with Crippen molar-refractivity contribution in [1.29, 1.82) is 0 Å². The number of ether oxygens (including phenoxy) is 1. The molecule has 1 N–H and O–H groups in total. The van der Waals surface area contributed by atoms with Crippen LogP contribution in [0.5, 0.6) is 0 Å². The molecular weight excluding hydrogens is 254 g/mol. The van der Waals surface area contributed by atoms with E-state index < -0.39 is 0 Å². The number of hydrogen-bond acceptors (Lipinski definition) is 3. The minimum atomic E-state index is 0.0491. The fourth-order valence-corrected chi connectivity index (χ4v) is 2.02. The number of aromatic nitrogens is 2. The van der Waals surface area contributed by atoms with Gasteiger partial charge in [0.2, 0.25) is 5.91 Å². The van der Waals surface area contributed by atoms with Crippen molar-refractivity contribution in [2.24, 2.45) is 13.0 Å². The van der Waals surface area contributed by atoms with Gasteiger partial charge in [-0.05, 0) is 26.2 Å². The summed E-state index contributed by atoms with van der Waals surface area (Å²) in [4.78, 5) is 11.9. The molecule has 20 heavy (non-hydrogen) atoms. The SMILES string of the molecule is Cc1nn(C)c(C)c1CC(=O)NCCCOCC(C)C. The number of aryl methyl sites for hydroxylation is 2. The lowest BCUT2D eigenvalue weighted by Gasteiger charge is -2.08. The molecule has 0 saturated heterocycles. The molecule has 1 aromatic rings. The highest BCUT2D eigenvalue weighted by Crippen LogP contribution is 2.12. The Bertz CT molecular complexity index is 439. The lowest BCUT2D eigenvalue weighted by Crippen LogP contribution is -2.27. The molecule has 5 nitrogen and oxygen atoms in total. The third-order valence-corrected chi connectivity index (χ3v) is 3.24. The average Bonchev–Trinajstić information content (AvgIpc) is 2.60. The van der Waals surface area contributed by atoms with Gasteiger partial charge < -0.3 is 10.1 Å². The van der Waals surface area contributed by atoms with E-state index >= 15 is 0 Å². The second-order valence-electron chi connectivity index (χ2n) is 5.62. The summed E-state index contributed by atoms with van der Waals surface area (Å²) >= 11 is 0. The van der Waals surface area contributed by atoms with Crippen molar-refractivity contribution in [2.45, 2.75) is 40.5 Å². The summed E-state index contributed by atoms with van der Waals surface area (Å²) in [7, 11) is 1.90. The Morgan fingerprint density at radius 3 is 2.65 bits per heavy atom. The van der Waals surface area contributed by atoms with Gasteiger partial charge in [-0.15, -0.1) is 0 Å². The molecule has 1 rings (SSSR count). The monoisotopic (exact) mass is 281 g/mol. The quantitative estimate of drug-likeness (QED) is 0.739. The second-order valence-corrected chi connectivity index (χ2v) is 5.62. The van der Waals surface area contributed by atoms with Crippen LogP contribution in [0.15, 0.2) is 0 Å². The molecule has 114 valence electrons. The summed E-state index contributed by atoms with van der Waals surface area (Å²) in [6, 6.07) is 0. The number of carbonyl (C=O) groups is 1. The van der Waals surface area contributed by atoms with E-state index in [2.05, 4.69) is 24.3 Å². The van der Waals surface area contributed by atoms with Crippen LogP contribution >= 0.6 is 0 Å². The maximum absolute atomic E-state index is 11.9. The molecular formula is C15H27N3O2. The van der Waals surface area contributed by atoms with Gasteiger partial charge in [-0.2, -0.15) is 5.10 Å². The fraction of sp³-hybridized carbons (Fsp3) is 0.733. The number of nitrogens with zero attached hydrogens (tertiary/aromatic N) is 2. The highest BCUT2D eigenvalue weighted by molar-refractivity contribution is 5.79. The number of nitrogens with one attached hydrogen (secondary N) is 1. The average molecular weight is 281 g/mol. The molecule has 0 saturated carbocycles. The Labute approximate surface area is 121 Å². The maximum atomic E-state index is 11.9. The van der Waals surface area contributed by atoms with Gasteiger partial charge in [-0.3, -0.25) is 9.48 Å². The number of rotatable bonds is 8. The van der Waals surface area contributed by atoms with Gasteiger partial charge >= 0.3 is 0 Å². The van der Waals surface area contributed by atoms with Gasteiger partial charge in [-0.1, -0.05) is 13.8 Å². The van der Waals surface area contributed by atoms with Crippen LogP contribution in [0.25, 0.3) is 0 Å². The molecule has 1 aromatic heterocycles. The predicted octanol–water partition coefficient (Wildman–Crippen LogP) is 1.76. The molecule has 0 aromatic carbocycles. The zero-order valence-corrected chi connectivity index (χ0v) is 13.3. The first kappa shape index (κ1) is 16.7. The lowest BCUT2D eigenvalue weighted by molar-refractivity contribution is -0.120. The maximum Gasteiger partial charge on any atom is 0.224 e. The summed E-state index contributed by atoms with van der Waals surface area (Å²) in [5.74, 6) is 0.606. The van der Waals surface area contributed by atoms with E-state index in [1.54, 1.807) is 0 Å². The highest BCUT2D eigenvalue weighted by atomic mass is 16.5.